The van der Waals surface area contributed by atoms with E-state index in [9.17, 15) is 9.59 Å². The number of halogens is 1. The molecule has 1 atom stereocenters. The molecule has 1 aromatic carbocycles. The highest BCUT2D eigenvalue weighted by atomic mass is 35.5. The first-order chi connectivity index (χ1) is 15.0. The number of nitrogens with zero attached hydrogens (tertiary/aromatic N) is 3. The quantitative estimate of drug-likeness (QED) is 0.712. The fourth-order valence-corrected chi connectivity index (χ4v) is 5.25. The van der Waals surface area contributed by atoms with Crippen molar-refractivity contribution in [3.8, 4) is 0 Å². The molecule has 2 aliphatic rings. The Kier molecular flexibility index (Phi) is 7.25. The standard InChI is InChI=1S/C23H29ClN4O2S/c1-16-3-2-10-27(13-16)14-20-15-31-23(25-20)26-21(29)17-8-11-28(12-9-17)22(30)18-4-6-19(24)7-5-18/h4-7,15-17H,2-3,8-14H2,1H3,(H,25,26,29). The van der Waals surface area contributed by atoms with Crippen LogP contribution in [0.3, 0.4) is 0 Å². The predicted octanol–water partition coefficient (Wildman–Crippen LogP) is 4.52. The third-order valence-corrected chi connectivity index (χ3v) is 7.21. The fourth-order valence-electron chi connectivity index (χ4n) is 4.42. The summed E-state index contributed by atoms with van der Waals surface area (Å²) >= 11 is 7.39. The molecule has 3 heterocycles. The van der Waals surface area contributed by atoms with Gasteiger partial charge in [-0.25, -0.2) is 4.98 Å². The van der Waals surface area contributed by atoms with Gasteiger partial charge in [-0.15, -0.1) is 11.3 Å². The molecule has 166 valence electrons. The highest BCUT2D eigenvalue weighted by Gasteiger charge is 2.28. The van der Waals surface area contributed by atoms with Gasteiger partial charge in [0.15, 0.2) is 5.13 Å². The second-order valence-corrected chi connectivity index (χ2v) is 9.98. The molecular weight excluding hydrogens is 432 g/mol. The zero-order chi connectivity index (χ0) is 21.8. The number of hydrogen-bond donors (Lipinski definition) is 1. The minimum Gasteiger partial charge on any atom is -0.339 e. The van der Waals surface area contributed by atoms with E-state index in [1.54, 1.807) is 24.3 Å². The molecule has 31 heavy (non-hydrogen) atoms. The van der Waals surface area contributed by atoms with Crippen LogP contribution in [-0.2, 0) is 11.3 Å². The molecule has 1 unspecified atom stereocenters. The van der Waals surface area contributed by atoms with Gasteiger partial charge in [-0.1, -0.05) is 18.5 Å². The molecule has 0 radical (unpaired) electrons. The van der Waals surface area contributed by atoms with E-state index in [1.165, 1.54) is 24.2 Å². The highest BCUT2D eigenvalue weighted by molar-refractivity contribution is 7.13. The molecule has 1 N–H and O–H groups in total. The third kappa shape index (κ3) is 5.84. The summed E-state index contributed by atoms with van der Waals surface area (Å²) in [5.74, 6) is 0.645. The maximum absolute atomic E-state index is 12.7. The highest BCUT2D eigenvalue weighted by Crippen LogP contribution is 2.24. The van der Waals surface area contributed by atoms with E-state index in [0.717, 1.165) is 31.2 Å². The third-order valence-electron chi connectivity index (χ3n) is 6.15. The summed E-state index contributed by atoms with van der Waals surface area (Å²) in [7, 11) is 0. The lowest BCUT2D eigenvalue weighted by Crippen LogP contribution is -2.41. The van der Waals surface area contributed by atoms with Crippen molar-refractivity contribution in [3.63, 3.8) is 0 Å². The lowest BCUT2D eigenvalue weighted by atomic mass is 9.95. The number of aromatic nitrogens is 1. The molecule has 0 spiro atoms. The smallest absolute Gasteiger partial charge is 0.253 e. The molecule has 2 aromatic rings. The van der Waals surface area contributed by atoms with E-state index in [4.69, 9.17) is 11.6 Å². The number of anilines is 1. The van der Waals surface area contributed by atoms with Gasteiger partial charge < -0.3 is 10.2 Å². The van der Waals surface area contributed by atoms with Crippen molar-refractivity contribution in [2.45, 2.75) is 39.2 Å². The SMILES string of the molecule is CC1CCCN(Cc2csc(NC(=O)C3CCN(C(=O)c4ccc(Cl)cc4)CC3)n2)C1. The van der Waals surface area contributed by atoms with Gasteiger partial charge in [0.05, 0.1) is 5.69 Å². The van der Waals surface area contributed by atoms with Crippen molar-refractivity contribution in [2.24, 2.45) is 11.8 Å². The largest absolute Gasteiger partial charge is 0.339 e. The number of rotatable bonds is 5. The Morgan fingerprint density at radius 2 is 1.90 bits per heavy atom. The van der Waals surface area contributed by atoms with Gasteiger partial charge in [0, 0.05) is 48.1 Å². The second-order valence-electron chi connectivity index (χ2n) is 8.69. The Morgan fingerprint density at radius 3 is 2.61 bits per heavy atom. The summed E-state index contributed by atoms with van der Waals surface area (Å²) in [6, 6.07) is 6.94. The first kappa shape index (κ1) is 22.2. The summed E-state index contributed by atoms with van der Waals surface area (Å²) in [5, 5.41) is 6.32. The van der Waals surface area contributed by atoms with Crippen molar-refractivity contribution >= 4 is 39.9 Å². The van der Waals surface area contributed by atoms with Crippen molar-refractivity contribution in [1.82, 2.24) is 14.8 Å². The van der Waals surface area contributed by atoms with Crippen molar-refractivity contribution in [2.75, 3.05) is 31.5 Å². The Bertz CT molecular complexity index is 909. The van der Waals surface area contributed by atoms with Crippen molar-refractivity contribution in [1.29, 1.82) is 0 Å². The zero-order valence-corrected chi connectivity index (χ0v) is 19.4. The maximum Gasteiger partial charge on any atom is 0.253 e. The van der Waals surface area contributed by atoms with Crippen LogP contribution in [0.5, 0.6) is 0 Å². The molecule has 2 saturated heterocycles. The normalized spacial score (nSPS) is 20.6. The van der Waals surface area contributed by atoms with Crippen molar-refractivity contribution in [3.05, 3.63) is 45.9 Å². The minimum absolute atomic E-state index is 0.00564. The van der Waals surface area contributed by atoms with Crippen LogP contribution >= 0.6 is 22.9 Å². The van der Waals surface area contributed by atoms with Crippen LogP contribution in [0.2, 0.25) is 5.02 Å². The van der Waals surface area contributed by atoms with Gasteiger partial charge in [-0.3, -0.25) is 14.5 Å². The molecule has 2 aliphatic heterocycles. The topological polar surface area (TPSA) is 65.5 Å². The van der Waals surface area contributed by atoms with E-state index in [2.05, 4.69) is 22.1 Å². The summed E-state index contributed by atoms with van der Waals surface area (Å²) in [4.78, 5) is 34.2. The molecule has 8 heteroatoms. The van der Waals surface area contributed by atoms with Crippen LogP contribution in [0.25, 0.3) is 0 Å². The Hall–Kier alpha value is -1.96. The van der Waals surface area contributed by atoms with Crippen LogP contribution in [0.15, 0.2) is 29.6 Å². The van der Waals surface area contributed by atoms with E-state index >= 15 is 0 Å². The first-order valence-corrected chi connectivity index (χ1v) is 12.3. The molecule has 0 aliphatic carbocycles. The number of benzene rings is 1. The summed E-state index contributed by atoms with van der Waals surface area (Å²) in [6.07, 6.45) is 3.87. The number of thiazole rings is 1. The monoisotopic (exact) mass is 460 g/mol. The van der Waals surface area contributed by atoms with E-state index in [0.29, 0.717) is 41.6 Å². The van der Waals surface area contributed by atoms with Crippen LogP contribution in [0.4, 0.5) is 5.13 Å². The number of nitrogens with one attached hydrogen (secondary N) is 1. The molecule has 1 aromatic heterocycles. The van der Waals surface area contributed by atoms with E-state index in [-0.39, 0.29) is 17.7 Å². The molecule has 2 amide bonds. The lowest BCUT2D eigenvalue weighted by Gasteiger charge is -2.31. The van der Waals surface area contributed by atoms with Crippen molar-refractivity contribution < 1.29 is 9.59 Å². The average molecular weight is 461 g/mol. The summed E-state index contributed by atoms with van der Waals surface area (Å²) < 4.78 is 0. The predicted molar refractivity (Wildman–Crippen MR) is 124 cm³/mol. The van der Waals surface area contributed by atoms with Crippen LogP contribution in [-0.4, -0.2) is 52.8 Å². The van der Waals surface area contributed by atoms with Gasteiger partial charge in [0.25, 0.3) is 5.91 Å². The summed E-state index contributed by atoms with van der Waals surface area (Å²) in [6.45, 7) is 6.55. The Morgan fingerprint density at radius 1 is 1.16 bits per heavy atom. The van der Waals surface area contributed by atoms with E-state index < -0.39 is 0 Å². The maximum atomic E-state index is 12.7. The number of carbonyl (C=O) groups is 2. The average Bonchev–Trinajstić information content (AvgIpc) is 3.20. The molecule has 2 fully saturated rings. The zero-order valence-electron chi connectivity index (χ0n) is 17.8. The van der Waals surface area contributed by atoms with Gasteiger partial charge >= 0.3 is 0 Å². The van der Waals surface area contributed by atoms with Gasteiger partial charge in [-0.2, -0.15) is 0 Å². The van der Waals surface area contributed by atoms with E-state index in [1.807, 2.05) is 10.3 Å². The number of hydrogen-bond acceptors (Lipinski definition) is 5. The lowest BCUT2D eigenvalue weighted by molar-refractivity contribution is -0.121. The van der Waals surface area contributed by atoms with Gasteiger partial charge in [-0.05, 0) is 62.4 Å². The van der Waals surface area contributed by atoms with Crippen LogP contribution < -0.4 is 5.32 Å². The first-order valence-electron chi connectivity index (χ1n) is 11.0. The fraction of sp³-hybridized carbons (Fsp3) is 0.522. The second kappa shape index (κ2) is 10.1. The van der Waals surface area contributed by atoms with Crippen LogP contribution in [0.1, 0.15) is 48.7 Å². The molecule has 0 saturated carbocycles. The molecular formula is C23H29ClN4O2S. The number of likely N-dealkylation sites (tertiary alicyclic amines) is 2. The summed E-state index contributed by atoms with van der Waals surface area (Å²) in [5.41, 5.74) is 1.66. The number of amides is 2. The van der Waals surface area contributed by atoms with Crippen LogP contribution in [0, 0.1) is 11.8 Å². The molecule has 0 bridgehead atoms. The minimum atomic E-state index is -0.0930. The molecule has 4 rings (SSSR count). The van der Waals surface area contributed by atoms with Gasteiger partial charge in [0.2, 0.25) is 5.91 Å². The number of carbonyl (C=O) groups excluding carboxylic acids is 2. The number of piperidine rings is 2. The molecule has 6 nitrogen and oxygen atoms in total. The Balaban J connectivity index is 1.25. The van der Waals surface area contributed by atoms with Gasteiger partial charge in [0.1, 0.15) is 0 Å². The Labute approximate surface area is 192 Å².